The monoisotopic (exact) mass is 481 g/mol. The summed E-state index contributed by atoms with van der Waals surface area (Å²) < 4.78 is 3.82. The van der Waals surface area contributed by atoms with Crippen LogP contribution in [-0.4, -0.2) is 33.5 Å². The van der Waals surface area contributed by atoms with Gasteiger partial charge in [-0.3, -0.25) is 18.7 Å². The zero-order valence-electron chi connectivity index (χ0n) is 20.5. The maximum atomic E-state index is 13.5. The minimum absolute atomic E-state index is 0.0623. The van der Waals surface area contributed by atoms with E-state index in [-0.39, 0.29) is 29.0 Å². The standard InChI is InChI=1S/C27H35N3O3S/c1-4-5-15-28(3)25(31)21-12-10-20(11-13-21)17-30-26(32)24-23(14-16-34-24)29(27(30)33)18-22-9-7-6-8-19(22)2/h6-9,14,16,20-21H,4-5,10-13,15,17-18H2,1-3H3. The summed E-state index contributed by atoms with van der Waals surface area (Å²) in [6.45, 7) is 5.86. The summed E-state index contributed by atoms with van der Waals surface area (Å²) in [5.74, 6) is 0.539. The smallest absolute Gasteiger partial charge is 0.331 e. The van der Waals surface area contributed by atoms with Crippen LogP contribution in [0.25, 0.3) is 10.2 Å². The molecule has 1 fully saturated rings. The zero-order valence-corrected chi connectivity index (χ0v) is 21.3. The lowest BCUT2D eigenvalue weighted by Gasteiger charge is -2.30. The van der Waals surface area contributed by atoms with Crippen LogP contribution in [0.2, 0.25) is 0 Å². The topological polar surface area (TPSA) is 64.3 Å². The van der Waals surface area contributed by atoms with Crippen LogP contribution in [0.5, 0.6) is 0 Å². The fourth-order valence-corrected chi connectivity index (χ4v) is 5.92. The van der Waals surface area contributed by atoms with Crippen molar-refractivity contribution in [2.24, 2.45) is 11.8 Å². The molecule has 1 amide bonds. The first-order valence-corrected chi connectivity index (χ1v) is 13.3. The fraction of sp³-hybridized carbons (Fsp3) is 0.519. The third-order valence-corrected chi connectivity index (χ3v) is 8.18. The number of fused-ring (bicyclic) bond motifs is 1. The molecule has 2 aromatic heterocycles. The van der Waals surface area contributed by atoms with Gasteiger partial charge in [0, 0.05) is 26.1 Å². The Labute approximate surface area is 204 Å². The number of unbranched alkanes of at least 4 members (excludes halogenated alkanes) is 1. The van der Waals surface area contributed by atoms with Crippen LogP contribution in [0.1, 0.15) is 56.6 Å². The van der Waals surface area contributed by atoms with Gasteiger partial charge in [0.05, 0.1) is 12.1 Å². The Morgan fingerprint density at radius 2 is 1.82 bits per heavy atom. The Hall–Kier alpha value is -2.67. The number of carbonyl (C=O) groups excluding carboxylic acids is 1. The molecule has 0 aliphatic heterocycles. The zero-order chi connectivity index (χ0) is 24.2. The lowest BCUT2D eigenvalue weighted by molar-refractivity contribution is -0.135. The van der Waals surface area contributed by atoms with Crippen molar-refractivity contribution in [2.75, 3.05) is 13.6 Å². The Bertz CT molecular complexity index is 1260. The normalized spacial score (nSPS) is 18.3. The molecule has 0 atom stereocenters. The van der Waals surface area contributed by atoms with E-state index >= 15 is 0 Å². The van der Waals surface area contributed by atoms with Crippen molar-refractivity contribution in [2.45, 2.75) is 65.5 Å². The predicted molar refractivity (Wildman–Crippen MR) is 139 cm³/mol. The average Bonchev–Trinajstić information content (AvgIpc) is 3.34. The molecule has 2 heterocycles. The van der Waals surface area contributed by atoms with Gasteiger partial charge in [-0.05, 0) is 67.5 Å². The van der Waals surface area contributed by atoms with E-state index in [1.807, 2.05) is 54.6 Å². The number of amides is 1. The summed E-state index contributed by atoms with van der Waals surface area (Å²) in [4.78, 5) is 41.4. The average molecular weight is 482 g/mol. The highest BCUT2D eigenvalue weighted by Crippen LogP contribution is 2.31. The van der Waals surface area contributed by atoms with Crippen LogP contribution < -0.4 is 11.2 Å². The molecule has 1 aliphatic rings. The minimum atomic E-state index is -0.239. The molecule has 0 radical (unpaired) electrons. The van der Waals surface area contributed by atoms with Gasteiger partial charge in [-0.1, -0.05) is 37.6 Å². The number of benzene rings is 1. The van der Waals surface area contributed by atoms with Gasteiger partial charge in [0.25, 0.3) is 5.56 Å². The van der Waals surface area contributed by atoms with Gasteiger partial charge in [-0.15, -0.1) is 11.3 Å². The number of thiophene rings is 1. The first kappa shape index (κ1) is 24.5. The molecule has 34 heavy (non-hydrogen) atoms. The van der Waals surface area contributed by atoms with Crippen LogP contribution in [0.15, 0.2) is 45.3 Å². The lowest BCUT2D eigenvalue weighted by atomic mass is 9.81. The minimum Gasteiger partial charge on any atom is -0.346 e. The fourth-order valence-electron chi connectivity index (χ4n) is 5.07. The van der Waals surface area contributed by atoms with Crippen LogP contribution in [0.3, 0.4) is 0 Å². The van der Waals surface area contributed by atoms with Gasteiger partial charge in [0.15, 0.2) is 0 Å². The molecule has 0 spiro atoms. The van der Waals surface area contributed by atoms with E-state index in [2.05, 4.69) is 6.92 Å². The van der Waals surface area contributed by atoms with Crippen molar-refractivity contribution in [3.05, 3.63) is 67.7 Å². The van der Waals surface area contributed by atoms with Crippen molar-refractivity contribution < 1.29 is 4.79 Å². The number of hydrogen-bond acceptors (Lipinski definition) is 4. The highest BCUT2D eigenvalue weighted by molar-refractivity contribution is 7.17. The summed E-state index contributed by atoms with van der Waals surface area (Å²) >= 11 is 1.40. The molecule has 7 heteroatoms. The van der Waals surface area contributed by atoms with E-state index in [4.69, 9.17) is 0 Å². The molecular formula is C27H35N3O3S. The Morgan fingerprint density at radius 3 is 2.53 bits per heavy atom. The first-order valence-electron chi connectivity index (χ1n) is 12.4. The second-order valence-corrected chi connectivity index (χ2v) is 10.6. The summed E-state index contributed by atoms with van der Waals surface area (Å²) in [7, 11) is 1.90. The number of carbonyl (C=O) groups is 1. The van der Waals surface area contributed by atoms with Crippen LogP contribution in [0, 0.1) is 18.8 Å². The summed E-state index contributed by atoms with van der Waals surface area (Å²) in [5, 5.41) is 1.88. The van der Waals surface area contributed by atoms with E-state index in [9.17, 15) is 14.4 Å². The van der Waals surface area contributed by atoms with Gasteiger partial charge >= 0.3 is 5.69 Å². The van der Waals surface area contributed by atoms with Crippen molar-refractivity contribution in [1.82, 2.24) is 14.0 Å². The molecule has 1 saturated carbocycles. The van der Waals surface area contributed by atoms with Gasteiger partial charge in [-0.2, -0.15) is 0 Å². The molecule has 1 aromatic carbocycles. The van der Waals surface area contributed by atoms with E-state index < -0.39 is 0 Å². The summed E-state index contributed by atoms with van der Waals surface area (Å²) in [6.07, 6.45) is 5.49. The van der Waals surface area contributed by atoms with Gasteiger partial charge in [0.1, 0.15) is 4.70 Å². The molecule has 182 valence electrons. The molecule has 3 aromatic rings. The molecule has 0 N–H and O–H groups in total. The largest absolute Gasteiger partial charge is 0.346 e. The third-order valence-electron chi connectivity index (χ3n) is 7.29. The highest BCUT2D eigenvalue weighted by atomic mass is 32.1. The van der Waals surface area contributed by atoms with Crippen LogP contribution in [0.4, 0.5) is 0 Å². The van der Waals surface area contributed by atoms with Gasteiger partial charge in [-0.25, -0.2) is 4.79 Å². The number of rotatable bonds is 8. The van der Waals surface area contributed by atoms with Crippen LogP contribution >= 0.6 is 11.3 Å². The Balaban J connectivity index is 1.53. The van der Waals surface area contributed by atoms with Crippen molar-refractivity contribution in [3.8, 4) is 0 Å². The van der Waals surface area contributed by atoms with Gasteiger partial charge < -0.3 is 4.90 Å². The first-order chi connectivity index (χ1) is 16.4. The predicted octanol–water partition coefficient (Wildman–Crippen LogP) is 4.65. The van der Waals surface area contributed by atoms with Crippen molar-refractivity contribution in [1.29, 1.82) is 0 Å². The second-order valence-electron chi connectivity index (χ2n) is 9.68. The highest BCUT2D eigenvalue weighted by Gasteiger charge is 2.29. The summed E-state index contributed by atoms with van der Waals surface area (Å²) in [5.41, 5.74) is 2.49. The number of hydrogen-bond donors (Lipinski definition) is 0. The van der Waals surface area contributed by atoms with E-state index in [1.54, 1.807) is 4.57 Å². The number of nitrogens with zero attached hydrogens (tertiary/aromatic N) is 3. The van der Waals surface area contributed by atoms with Crippen molar-refractivity contribution in [3.63, 3.8) is 0 Å². The molecule has 4 rings (SSSR count). The maximum absolute atomic E-state index is 13.5. The SMILES string of the molecule is CCCCN(C)C(=O)C1CCC(Cn2c(=O)c3sccc3n(Cc3ccccc3C)c2=O)CC1. The molecule has 6 nitrogen and oxygen atoms in total. The number of aryl methyl sites for hydroxylation is 1. The molecule has 1 aliphatic carbocycles. The van der Waals surface area contributed by atoms with E-state index in [0.717, 1.165) is 56.2 Å². The van der Waals surface area contributed by atoms with E-state index in [1.165, 1.54) is 15.9 Å². The molecule has 0 unspecified atom stereocenters. The molecule has 0 bridgehead atoms. The second kappa shape index (κ2) is 10.7. The lowest BCUT2D eigenvalue weighted by Crippen LogP contribution is -2.42. The third kappa shape index (κ3) is 5.04. The Morgan fingerprint density at radius 1 is 1.09 bits per heavy atom. The summed E-state index contributed by atoms with van der Waals surface area (Å²) in [6, 6.07) is 9.92. The maximum Gasteiger partial charge on any atom is 0.331 e. The quantitative estimate of drug-likeness (QED) is 0.471. The molecule has 0 saturated heterocycles. The number of aromatic nitrogens is 2. The van der Waals surface area contributed by atoms with Gasteiger partial charge in [0.2, 0.25) is 5.91 Å². The Kier molecular flexibility index (Phi) is 7.71. The van der Waals surface area contributed by atoms with E-state index in [0.29, 0.717) is 23.3 Å². The van der Waals surface area contributed by atoms with Crippen LogP contribution in [-0.2, 0) is 17.9 Å². The van der Waals surface area contributed by atoms with Crippen molar-refractivity contribution >= 4 is 27.5 Å². The molecular weight excluding hydrogens is 446 g/mol.